The molecule has 3 rings (SSSR count). The van der Waals surface area contributed by atoms with Gasteiger partial charge in [-0.2, -0.15) is 0 Å². The highest BCUT2D eigenvalue weighted by atomic mass is 32.1. The normalized spacial score (nSPS) is 10.5. The predicted octanol–water partition coefficient (Wildman–Crippen LogP) is 4.02. The number of hydrogen-bond donors (Lipinski definition) is 2. The van der Waals surface area contributed by atoms with E-state index in [0.29, 0.717) is 22.8 Å². The number of halogens is 1. The molecule has 5 nitrogen and oxygen atoms in total. The zero-order valence-corrected chi connectivity index (χ0v) is 16.2. The topological polar surface area (TPSA) is 71.1 Å². The van der Waals surface area contributed by atoms with Crippen LogP contribution in [0.25, 0.3) is 10.6 Å². The molecule has 0 saturated heterocycles. The summed E-state index contributed by atoms with van der Waals surface area (Å²) >= 11 is 1.33. The number of thiazole rings is 1. The number of carbonyl (C=O) groups is 2. The quantitative estimate of drug-likeness (QED) is 0.633. The van der Waals surface area contributed by atoms with Crippen molar-refractivity contribution in [2.24, 2.45) is 0 Å². The summed E-state index contributed by atoms with van der Waals surface area (Å²) in [6.45, 7) is 2.91. The molecular weight excluding hydrogens is 377 g/mol. The van der Waals surface area contributed by atoms with E-state index in [4.69, 9.17) is 0 Å². The molecule has 28 heavy (non-hydrogen) atoms. The van der Waals surface area contributed by atoms with Crippen molar-refractivity contribution < 1.29 is 14.0 Å². The molecule has 0 saturated carbocycles. The van der Waals surface area contributed by atoms with E-state index >= 15 is 0 Å². The lowest BCUT2D eigenvalue weighted by Crippen LogP contribution is -2.25. The van der Waals surface area contributed by atoms with Crippen LogP contribution in [-0.4, -0.2) is 23.3 Å². The summed E-state index contributed by atoms with van der Waals surface area (Å²) in [4.78, 5) is 28.7. The molecule has 0 aliphatic heterocycles. The van der Waals surface area contributed by atoms with Crippen LogP contribution in [-0.2, 0) is 6.54 Å². The van der Waals surface area contributed by atoms with Gasteiger partial charge >= 0.3 is 0 Å². The smallest absolute Gasteiger partial charge is 0.271 e. The van der Waals surface area contributed by atoms with E-state index in [1.165, 1.54) is 23.5 Å². The van der Waals surface area contributed by atoms with Crippen molar-refractivity contribution in [3.8, 4) is 10.6 Å². The number of nitrogens with one attached hydrogen (secondary N) is 2. The van der Waals surface area contributed by atoms with Crippen LogP contribution >= 0.6 is 11.3 Å². The third kappa shape index (κ3) is 5.01. The van der Waals surface area contributed by atoms with Gasteiger partial charge in [0.2, 0.25) is 0 Å². The lowest BCUT2D eigenvalue weighted by molar-refractivity contribution is 0.0943. The number of rotatable bonds is 7. The van der Waals surface area contributed by atoms with Crippen molar-refractivity contribution in [3.63, 3.8) is 0 Å². The van der Waals surface area contributed by atoms with Crippen molar-refractivity contribution in [2.45, 2.75) is 19.9 Å². The van der Waals surface area contributed by atoms with Gasteiger partial charge < -0.3 is 10.6 Å². The molecule has 1 heterocycles. The van der Waals surface area contributed by atoms with E-state index in [9.17, 15) is 14.0 Å². The van der Waals surface area contributed by atoms with Gasteiger partial charge in [0, 0.05) is 29.6 Å². The largest absolute Gasteiger partial charge is 0.352 e. The summed E-state index contributed by atoms with van der Waals surface area (Å²) in [5, 5.41) is 7.96. The van der Waals surface area contributed by atoms with Gasteiger partial charge in [-0.3, -0.25) is 9.59 Å². The summed E-state index contributed by atoms with van der Waals surface area (Å²) in [7, 11) is 0. The molecule has 3 aromatic rings. The van der Waals surface area contributed by atoms with E-state index < -0.39 is 0 Å². The van der Waals surface area contributed by atoms with Gasteiger partial charge in [-0.1, -0.05) is 19.1 Å². The second kappa shape index (κ2) is 9.23. The Balaban J connectivity index is 1.61. The van der Waals surface area contributed by atoms with Gasteiger partial charge in [-0.25, -0.2) is 9.37 Å². The lowest BCUT2D eigenvalue weighted by atomic mass is 10.1. The Labute approximate surface area is 166 Å². The number of benzene rings is 2. The molecule has 0 aliphatic rings. The average molecular weight is 397 g/mol. The Bertz CT molecular complexity index is 970. The third-order valence-corrected chi connectivity index (χ3v) is 4.90. The first-order valence-corrected chi connectivity index (χ1v) is 9.81. The standard InChI is InChI=1S/C21H20FN3O2S/c1-2-10-23-19(26)16-5-3-4-14(11-16)12-24-20(27)18-13-28-21(25-18)15-6-8-17(22)9-7-15/h3-9,11,13H,2,10,12H2,1H3,(H,23,26)(H,24,27). The molecule has 0 aliphatic carbocycles. The fourth-order valence-corrected chi connectivity index (χ4v) is 3.35. The van der Waals surface area contributed by atoms with Gasteiger partial charge in [-0.15, -0.1) is 11.3 Å². The van der Waals surface area contributed by atoms with Gasteiger partial charge in [0.15, 0.2) is 0 Å². The van der Waals surface area contributed by atoms with E-state index in [1.54, 1.807) is 35.7 Å². The number of amides is 2. The Morgan fingerprint density at radius 3 is 2.61 bits per heavy atom. The molecule has 2 amide bonds. The van der Waals surface area contributed by atoms with Gasteiger partial charge in [0.05, 0.1) is 0 Å². The van der Waals surface area contributed by atoms with Crippen molar-refractivity contribution in [2.75, 3.05) is 6.54 Å². The van der Waals surface area contributed by atoms with Crippen LogP contribution in [0.5, 0.6) is 0 Å². The van der Waals surface area contributed by atoms with Crippen LogP contribution < -0.4 is 10.6 Å². The minimum Gasteiger partial charge on any atom is -0.352 e. The molecule has 0 bridgehead atoms. The Kier molecular flexibility index (Phi) is 6.49. The van der Waals surface area contributed by atoms with Gasteiger partial charge in [0.1, 0.15) is 16.5 Å². The molecule has 0 spiro atoms. The van der Waals surface area contributed by atoms with E-state index in [2.05, 4.69) is 15.6 Å². The SMILES string of the molecule is CCCNC(=O)c1cccc(CNC(=O)c2csc(-c3ccc(F)cc3)n2)c1. The van der Waals surface area contributed by atoms with Crippen LogP contribution in [0, 0.1) is 5.82 Å². The Morgan fingerprint density at radius 1 is 1.07 bits per heavy atom. The highest BCUT2D eigenvalue weighted by molar-refractivity contribution is 7.13. The highest BCUT2D eigenvalue weighted by Gasteiger charge is 2.12. The van der Waals surface area contributed by atoms with Crippen LogP contribution in [0.1, 0.15) is 39.8 Å². The summed E-state index contributed by atoms with van der Waals surface area (Å²) in [5.41, 5.74) is 2.45. The summed E-state index contributed by atoms with van der Waals surface area (Å²) < 4.78 is 13.0. The predicted molar refractivity (Wildman–Crippen MR) is 108 cm³/mol. The minimum absolute atomic E-state index is 0.126. The summed E-state index contributed by atoms with van der Waals surface area (Å²) in [5.74, 6) is -0.743. The van der Waals surface area contributed by atoms with Crippen LogP contribution in [0.15, 0.2) is 53.9 Å². The van der Waals surface area contributed by atoms with Crippen molar-refractivity contribution in [1.82, 2.24) is 15.6 Å². The second-order valence-electron chi connectivity index (χ2n) is 6.18. The maximum absolute atomic E-state index is 13.0. The second-order valence-corrected chi connectivity index (χ2v) is 7.04. The zero-order valence-electron chi connectivity index (χ0n) is 15.4. The maximum Gasteiger partial charge on any atom is 0.271 e. The van der Waals surface area contributed by atoms with Crippen molar-refractivity contribution >= 4 is 23.2 Å². The lowest BCUT2D eigenvalue weighted by Gasteiger charge is -2.07. The maximum atomic E-state index is 13.0. The summed E-state index contributed by atoms with van der Waals surface area (Å²) in [6, 6.07) is 13.1. The van der Waals surface area contributed by atoms with Crippen LogP contribution in [0.4, 0.5) is 4.39 Å². The zero-order chi connectivity index (χ0) is 19.9. The number of hydrogen-bond acceptors (Lipinski definition) is 4. The molecule has 1 aromatic heterocycles. The summed E-state index contributed by atoms with van der Waals surface area (Å²) in [6.07, 6.45) is 0.870. The van der Waals surface area contributed by atoms with Crippen LogP contribution in [0.2, 0.25) is 0 Å². The fourth-order valence-electron chi connectivity index (χ4n) is 2.54. The fraction of sp³-hybridized carbons (Fsp3) is 0.190. The molecule has 0 fully saturated rings. The van der Waals surface area contributed by atoms with E-state index in [-0.39, 0.29) is 24.2 Å². The van der Waals surface area contributed by atoms with E-state index in [0.717, 1.165) is 17.5 Å². The monoisotopic (exact) mass is 397 g/mol. The first-order chi connectivity index (χ1) is 13.6. The molecule has 0 radical (unpaired) electrons. The third-order valence-electron chi connectivity index (χ3n) is 4.01. The molecule has 144 valence electrons. The van der Waals surface area contributed by atoms with Crippen LogP contribution in [0.3, 0.4) is 0 Å². The minimum atomic E-state index is -0.316. The number of nitrogens with zero attached hydrogens (tertiary/aromatic N) is 1. The molecule has 0 unspecified atom stereocenters. The molecule has 2 aromatic carbocycles. The first-order valence-electron chi connectivity index (χ1n) is 8.93. The Morgan fingerprint density at radius 2 is 1.86 bits per heavy atom. The highest BCUT2D eigenvalue weighted by Crippen LogP contribution is 2.23. The molecular formula is C21H20FN3O2S. The van der Waals surface area contributed by atoms with Crippen molar-refractivity contribution in [3.05, 3.63) is 76.5 Å². The van der Waals surface area contributed by atoms with Crippen molar-refractivity contribution in [1.29, 1.82) is 0 Å². The van der Waals surface area contributed by atoms with Gasteiger partial charge in [0.25, 0.3) is 11.8 Å². The average Bonchev–Trinajstić information content (AvgIpc) is 3.21. The first kappa shape index (κ1) is 19.7. The Hall–Kier alpha value is -3.06. The van der Waals surface area contributed by atoms with E-state index in [1.807, 2.05) is 13.0 Å². The molecule has 2 N–H and O–H groups in total. The molecule has 0 atom stereocenters. The number of aromatic nitrogens is 1. The number of carbonyl (C=O) groups excluding carboxylic acids is 2. The van der Waals surface area contributed by atoms with Gasteiger partial charge in [-0.05, 0) is 48.4 Å². The molecule has 7 heteroatoms.